The third kappa shape index (κ3) is 3.47. The summed E-state index contributed by atoms with van der Waals surface area (Å²) >= 11 is 0. The van der Waals surface area contributed by atoms with Crippen LogP contribution in [0.3, 0.4) is 0 Å². The van der Waals surface area contributed by atoms with E-state index in [1.807, 2.05) is 53.1 Å². The third-order valence-corrected chi connectivity index (χ3v) is 3.79. The third-order valence-electron chi connectivity index (χ3n) is 3.79. The summed E-state index contributed by atoms with van der Waals surface area (Å²) in [5, 5.41) is 0. The summed E-state index contributed by atoms with van der Waals surface area (Å²) < 4.78 is 13.3. The Morgan fingerprint density at radius 1 is 1.04 bits per heavy atom. The predicted octanol–water partition coefficient (Wildman–Crippen LogP) is 4.72. The van der Waals surface area contributed by atoms with Crippen LogP contribution in [0.15, 0.2) is 48.7 Å². The van der Waals surface area contributed by atoms with Crippen molar-refractivity contribution in [3.63, 3.8) is 0 Å². The molecule has 0 aliphatic rings. The fourth-order valence-corrected chi connectivity index (χ4v) is 2.47. The van der Waals surface area contributed by atoms with Crippen molar-refractivity contribution >= 4 is 5.65 Å². The SMILES string of the molecule is COc1ccc(Oc2c(CCC(C)C)nc3ccccn23)cc1. The number of benzene rings is 1. The van der Waals surface area contributed by atoms with Gasteiger partial charge in [-0.25, -0.2) is 4.98 Å². The van der Waals surface area contributed by atoms with Crippen molar-refractivity contribution in [3.05, 3.63) is 54.4 Å². The number of aryl methyl sites for hydroxylation is 1. The molecular formula is C19H22N2O2. The van der Waals surface area contributed by atoms with Crippen molar-refractivity contribution in [1.82, 2.24) is 9.38 Å². The van der Waals surface area contributed by atoms with Gasteiger partial charge in [-0.15, -0.1) is 0 Å². The Balaban J connectivity index is 1.94. The predicted molar refractivity (Wildman–Crippen MR) is 91.4 cm³/mol. The zero-order valence-corrected chi connectivity index (χ0v) is 13.8. The van der Waals surface area contributed by atoms with Crippen LogP contribution in [0.5, 0.6) is 17.4 Å². The molecule has 0 bridgehead atoms. The first-order valence-corrected chi connectivity index (χ1v) is 7.95. The highest BCUT2D eigenvalue weighted by Gasteiger charge is 2.14. The fraction of sp³-hybridized carbons (Fsp3) is 0.316. The van der Waals surface area contributed by atoms with E-state index < -0.39 is 0 Å². The number of hydrogen-bond donors (Lipinski definition) is 0. The average molecular weight is 310 g/mol. The second kappa shape index (κ2) is 6.73. The lowest BCUT2D eigenvalue weighted by atomic mass is 10.1. The van der Waals surface area contributed by atoms with Crippen molar-refractivity contribution < 1.29 is 9.47 Å². The van der Waals surface area contributed by atoms with Gasteiger partial charge in [0.05, 0.1) is 7.11 Å². The Labute approximate surface area is 136 Å². The number of hydrogen-bond acceptors (Lipinski definition) is 3. The van der Waals surface area contributed by atoms with Crippen molar-refractivity contribution in [2.45, 2.75) is 26.7 Å². The molecule has 4 heteroatoms. The number of rotatable bonds is 6. The Morgan fingerprint density at radius 3 is 2.48 bits per heavy atom. The summed E-state index contributed by atoms with van der Waals surface area (Å²) in [6.07, 6.45) is 3.98. The maximum absolute atomic E-state index is 6.14. The summed E-state index contributed by atoms with van der Waals surface area (Å²) in [4.78, 5) is 4.73. The Morgan fingerprint density at radius 2 is 1.78 bits per heavy atom. The molecule has 23 heavy (non-hydrogen) atoms. The second-order valence-electron chi connectivity index (χ2n) is 6.00. The first kappa shape index (κ1) is 15.4. The van der Waals surface area contributed by atoms with Gasteiger partial charge in [0, 0.05) is 6.20 Å². The molecule has 120 valence electrons. The standard InChI is InChI=1S/C19H22N2O2/c1-14(2)7-12-17-19(21-13-5-4-6-18(21)20-17)23-16-10-8-15(22-3)9-11-16/h4-6,8-11,13-14H,7,12H2,1-3H3. The smallest absolute Gasteiger partial charge is 0.227 e. The number of ether oxygens (including phenoxy) is 2. The quantitative estimate of drug-likeness (QED) is 0.660. The van der Waals surface area contributed by atoms with Crippen LogP contribution in [0.2, 0.25) is 0 Å². The molecule has 0 aliphatic carbocycles. The van der Waals surface area contributed by atoms with Gasteiger partial charge >= 0.3 is 0 Å². The number of methoxy groups -OCH3 is 1. The number of pyridine rings is 1. The van der Waals surface area contributed by atoms with Gasteiger partial charge in [0.2, 0.25) is 5.88 Å². The number of fused-ring (bicyclic) bond motifs is 1. The van der Waals surface area contributed by atoms with Crippen molar-refractivity contribution in [3.8, 4) is 17.4 Å². The molecule has 3 rings (SSSR count). The molecule has 0 saturated heterocycles. The molecule has 0 saturated carbocycles. The maximum atomic E-state index is 6.14. The largest absolute Gasteiger partial charge is 0.497 e. The highest BCUT2D eigenvalue weighted by atomic mass is 16.5. The normalized spacial score (nSPS) is 11.1. The highest BCUT2D eigenvalue weighted by molar-refractivity contribution is 5.47. The van der Waals surface area contributed by atoms with E-state index in [0.29, 0.717) is 5.92 Å². The summed E-state index contributed by atoms with van der Waals surface area (Å²) in [7, 11) is 1.66. The lowest BCUT2D eigenvalue weighted by Crippen LogP contribution is -1.97. The van der Waals surface area contributed by atoms with E-state index in [2.05, 4.69) is 13.8 Å². The lowest BCUT2D eigenvalue weighted by Gasteiger charge is -2.09. The van der Waals surface area contributed by atoms with Crippen LogP contribution in [-0.4, -0.2) is 16.5 Å². The Hall–Kier alpha value is -2.49. The van der Waals surface area contributed by atoms with E-state index in [0.717, 1.165) is 41.6 Å². The molecule has 0 amide bonds. The second-order valence-corrected chi connectivity index (χ2v) is 6.00. The Bertz CT molecular complexity index is 776. The minimum Gasteiger partial charge on any atom is -0.497 e. The van der Waals surface area contributed by atoms with Crippen LogP contribution in [0.25, 0.3) is 5.65 Å². The zero-order valence-electron chi connectivity index (χ0n) is 13.8. The van der Waals surface area contributed by atoms with Crippen LogP contribution >= 0.6 is 0 Å². The van der Waals surface area contributed by atoms with Gasteiger partial charge in [-0.2, -0.15) is 0 Å². The molecule has 0 N–H and O–H groups in total. The van der Waals surface area contributed by atoms with Gasteiger partial charge < -0.3 is 9.47 Å². The molecule has 3 aromatic rings. The summed E-state index contributed by atoms with van der Waals surface area (Å²) in [5.41, 5.74) is 1.91. The molecule has 1 aromatic carbocycles. The minimum absolute atomic E-state index is 0.633. The van der Waals surface area contributed by atoms with Crippen molar-refractivity contribution in [2.24, 2.45) is 5.92 Å². The van der Waals surface area contributed by atoms with Crippen LogP contribution in [0.4, 0.5) is 0 Å². The van der Waals surface area contributed by atoms with Crippen LogP contribution in [0.1, 0.15) is 26.0 Å². The summed E-state index contributed by atoms with van der Waals surface area (Å²) in [6.45, 7) is 4.44. The molecular weight excluding hydrogens is 288 g/mol. The van der Waals surface area contributed by atoms with E-state index in [4.69, 9.17) is 14.5 Å². The highest BCUT2D eigenvalue weighted by Crippen LogP contribution is 2.29. The molecule has 0 unspecified atom stereocenters. The first-order chi connectivity index (χ1) is 11.2. The molecule has 0 spiro atoms. The van der Waals surface area contributed by atoms with E-state index in [-0.39, 0.29) is 0 Å². The van der Waals surface area contributed by atoms with E-state index in [9.17, 15) is 0 Å². The Kier molecular flexibility index (Phi) is 4.51. The summed E-state index contributed by atoms with van der Waals surface area (Å²) in [5.74, 6) is 3.03. The molecule has 2 heterocycles. The van der Waals surface area contributed by atoms with Gasteiger partial charge in [0.15, 0.2) is 0 Å². The molecule has 4 nitrogen and oxygen atoms in total. The monoisotopic (exact) mass is 310 g/mol. The first-order valence-electron chi connectivity index (χ1n) is 7.95. The lowest BCUT2D eigenvalue weighted by molar-refractivity contribution is 0.411. The van der Waals surface area contributed by atoms with Crippen LogP contribution in [-0.2, 0) is 6.42 Å². The van der Waals surface area contributed by atoms with Crippen molar-refractivity contribution in [2.75, 3.05) is 7.11 Å². The van der Waals surface area contributed by atoms with Gasteiger partial charge in [0.25, 0.3) is 0 Å². The number of aromatic nitrogens is 2. The van der Waals surface area contributed by atoms with Gasteiger partial charge in [0.1, 0.15) is 22.8 Å². The van der Waals surface area contributed by atoms with Gasteiger partial charge in [-0.1, -0.05) is 19.9 Å². The topological polar surface area (TPSA) is 35.8 Å². The van der Waals surface area contributed by atoms with Crippen LogP contribution < -0.4 is 9.47 Å². The number of imidazole rings is 1. The van der Waals surface area contributed by atoms with E-state index >= 15 is 0 Å². The van der Waals surface area contributed by atoms with E-state index in [1.165, 1.54) is 0 Å². The van der Waals surface area contributed by atoms with Gasteiger partial charge in [-0.05, 0) is 55.2 Å². The fourth-order valence-electron chi connectivity index (χ4n) is 2.47. The molecule has 0 atom stereocenters. The van der Waals surface area contributed by atoms with Crippen LogP contribution in [0, 0.1) is 5.92 Å². The van der Waals surface area contributed by atoms with Gasteiger partial charge in [-0.3, -0.25) is 4.40 Å². The molecule has 0 aliphatic heterocycles. The summed E-state index contributed by atoms with van der Waals surface area (Å²) in [6, 6.07) is 13.6. The average Bonchev–Trinajstić information content (AvgIpc) is 2.91. The number of nitrogens with zero attached hydrogens (tertiary/aromatic N) is 2. The maximum Gasteiger partial charge on any atom is 0.227 e. The zero-order chi connectivity index (χ0) is 16.2. The molecule has 0 fully saturated rings. The molecule has 0 radical (unpaired) electrons. The molecule has 2 aromatic heterocycles. The van der Waals surface area contributed by atoms with Crippen molar-refractivity contribution in [1.29, 1.82) is 0 Å². The van der Waals surface area contributed by atoms with E-state index in [1.54, 1.807) is 7.11 Å². The minimum atomic E-state index is 0.633.